The van der Waals surface area contributed by atoms with Gasteiger partial charge in [-0.15, -0.1) is 0 Å². The highest BCUT2D eigenvalue weighted by molar-refractivity contribution is 7.22. The summed E-state index contributed by atoms with van der Waals surface area (Å²) in [5.74, 6) is -0.692. The molecule has 0 fully saturated rings. The van der Waals surface area contributed by atoms with Gasteiger partial charge in [-0.05, 0) is 48.6 Å². The standard InChI is InChI=1S/C26H24ClN3O2S/c1-14-21(24(32)30-25-29-17-9-4-5-10-20(17)33-25)22(15-7-6-8-16(27)11-15)23-18(28-14)12-26(2,3)13-19(23)31/h4-11,22,28H,12-13H2,1-3H3,(H,29,30,32)/t22-/m0/s1. The number of carbonyl (C=O) groups excluding carboxylic acids is 2. The van der Waals surface area contributed by atoms with Crippen molar-refractivity contribution in [3.63, 3.8) is 0 Å². The van der Waals surface area contributed by atoms with Gasteiger partial charge in [-0.3, -0.25) is 14.9 Å². The largest absolute Gasteiger partial charge is 0.362 e. The van der Waals surface area contributed by atoms with Crippen LogP contribution in [-0.2, 0) is 9.59 Å². The van der Waals surface area contributed by atoms with E-state index in [1.165, 1.54) is 11.3 Å². The van der Waals surface area contributed by atoms with Gasteiger partial charge in [0.05, 0.1) is 10.2 Å². The number of para-hydroxylation sites is 1. The molecular formula is C26H24ClN3O2S. The molecule has 7 heteroatoms. The molecule has 0 bridgehead atoms. The van der Waals surface area contributed by atoms with E-state index in [9.17, 15) is 9.59 Å². The quantitative estimate of drug-likeness (QED) is 0.471. The van der Waals surface area contributed by atoms with E-state index in [1.54, 1.807) is 6.07 Å². The summed E-state index contributed by atoms with van der Waals surface area (Å²) >= 11 is 7.75. The van der Waals surface area contributed by atoms with Gasteiger partial charge in [-0.25, -0.2) is 4.98 Å². The van der Waals surface area contributed by atoms with Crippen molar-refractivity contribution in [1.29, 1.82) is 0 Å². The maximum atomic E-state index is 13.6. The number of nitrogens with zero attached hydrogens (tertiary/aromatic N) is 1. The average Bonchev–Trinajstić information content (AvgIpc) is 3.13. The molecule has 2 N–H and O–H groups in total. The van der Waals surface area contributed by atoms with E-state index in [0.717, 1.165) is 33.6 Å². The van der Waals surface area contributed by atoms with Crippen LogP contribution in [-0.4, -0.2) is 16.7 Å². The monoisotopic (exact) mass is 477 g/mol. The topological polar surface area (TPSA) is 71.1 Å². The van der Waals surface area contributed by atoms with Crippen LogP contribution >= 0.6 is 22.9 Å². The highest BCUT2D eigenvalue weighted by atomic mass is 35.5. The van der Waals surface area contributed by atoms with E-state index in [2.05, 4.69) is 29.5 Å². The number of rotatable bonds is 3. The van der Waals surface area contributed by atoms with Crippen LogP contribution in [0.25, 0.3) is 10.2 Å². The van der Waals surface area contributed by atoms with E-state index in [4.69, 9.17) is 11.6 Å². The first-order valence-electron chi connectivity index (χ1n) is 10.9. The molecule has 1 aliphatic heterocycles. The molecule has 1 aliphatic carbocycles. The first kappa shape index (κ1) is 21.9. The molecule has 1 atom stereocenters. The summed E-state index contributed by atoms with van der Waals surface area (Å²) in [6.07, 6.45) is 1.19. The van der Waals surface area contributed by atoms with Crippen molar-refractivity contribution in [3.05, 3.63) is 81.7 Å². The summed E-state index contributed by atoms with van der Waals surface area (Å²) in [4.78, 5) is 31.5. The number of Topliss-reactive ketones (excluding diaryl/α,β-unsaturated/α-hetero) is 1. The highest BCUT2D eigenvalue weighted by Gasteiger charge is 2.42. The number of allylic oxidation sites excluding steroid dienone is 3. The third-order valence-corrected chi connectivity index (χ3v) is 7.37. The Morgan fingerprint density at radius 1 is 1.18 bits per heavy atom. The van der Waals surface area contributed by atoms with Crippen LogP contribution in [0.5, 0.6) is 0 Å². The summed E-state index contributed by atoms with van der Waals surface area (Å²) in [5, 5.41) is 7.47. The molecule has 5 nitrogen and oxygen atoms in total. The van der Waals surface area contributed by atoms with Gasteiger partial charge < -0.3 is 5.32 Å². The number of benzene rings is 2. The third-order valence-electron chi connectivity index (χ3n) is 6.18. The lowest BCUT2D eigenvalue weighted by Crippen LogP contribution is -2.39. The zero-order chi connectivity index (χ0) is 23.3. The molecule has 0 radical (unpaired) electrons. The van der Waals surface area contributed by atoms with Gasteiger partial charge in [-0.1, -0.05) is 61.1 Å². The molecule has 2 heterocycles. The van der Waals surface area contributed by atoms with Crippen molar-refractivity contribution >= 4 is 50.0 Å². The fourth-order valence-corrected chi connectivity index (χ4v) is 5.91. The SMILES string of the molecule is CC1=C(C(=O)Nc2nc3ccccc3s2)[C@H](c2cccc(Cl)c2)C2=C(CC(C)(C)CC2=O)N1. The second-order valence-corrected chi connectivity index (χ2v) is 10.9. The minimum Gasteiger partial charge on any atom is -0.362 e. The lowest BCUT2D eigenvalue weighted by atomic mass is 9.68. The molecule has 2 aromatic carbocycles. The molecule has 5 rings (SSSR count). The van der Waals surface area contributed by atoms with Gasteiger partial charge in [-0.2, -0.15) is 0 Å². The van der Waals surface area contributed by atoms with E-state index in [1.807, 2.05) is 49.4 Å². The predicted molar refractivity (Wildman–Crippen MR) is 133 cm³/mol. The number of amides is 1. The molecule has 0 unspecified atom stereocenters. The first-order valence-corrected chi connectivity index (χ1v) is 12.1. The van der Waals surface area contributed by atoms with E-state index < -0.39 is 5.92 Å². The number of fused-ring (bicyclic) bond motifs is 1. The van der Waals surface area contributed by atoms with Gasteiger partial charge in [0, 0.05) is 39.9 Å². The van der Waals surface area contributed by atoms with Gasteiger partial charge in [0.1, 0.15) is 0 Å². The van der Waals surface area contributed by atoms with E-state index in [0.29, 0.717) is 27.7 Å². The van der Waals surface area contributed by atoms with E-state index in [-0.39, 0.29) is 17.1 Å². The summed E-state index contributed by atoms with van der Waals surface area (Å²) in [6.45, 7) is 6.08. The molecule has 168 valence electrons. The number of dihydropyridines is 1. The Balaban J connectivity index is 1.58. The Morgan fingerprint density at radius 3 is 2.73 bits per heavy atom. The van der Waals surface area contributed by atoms with Crippen LogP contribution in [0, 0.1) is 5.41 Å². The molecule has 2 aliphatic rings. The average molecular weight is 478 g/mol. The number of carbonyl (C=O) groups is 2. The number of nitrogens with one attached hydrogen (secondary N) is 2. The Kier molecular flexibility index (Phi) is 5.38. The van der Waals surface area contributed by atoms with E-state index >= 15 is 0 Å². The summed E-state index contributed by atoms with van der Waals surface area (Å²) in [5.41, 5.74) is 4.35. The molecule has 33 heavy (non-hydrogen) atoms. The van der Waals surface area contributed by atoms with Gasteiger partial charge in [0.25, 0.3) is 5.91 Å². The molecule has 3 aromatic rings. The van der Waals surface area contributed by atoms with Crippen molar-refractivity contribution in [2.45, 2.75) is 39.5 Å². The Labute approximate surface area is 201 Å². The fourth-order valence-electron chi connectivity index (χ4n) is 4.85. The Hall–Kier alpha value is -2.96. The van der Waals surface area contributed by atoms with Crippen LogP contribution in [0.15, 0.2) is 71.1 Å². The Bertz CT molecular complexity index is 1340. The van der Waals surface area contributed by atoms with Crippen LogP contribution < -0.4 is 10.6 Å². The number of hydrogen-bond acceptors (Lipinski definition) is 5. The number of aromatic nitrogens is 1. The normalized spacial score (nSPS) is 20.0. The number of halogens is 1. The number of anilines is 1. The van der Waals surface area contributed by atoms with Crippen LogP contribution in [0.4, 0.5) is 5.13 Å². The summed E-state index contributed by atoms with van der Waals surface area (Å²) in [6, 6.07) is 15.2. The summed E-state index contributed by atoms with van der Waals surface area (Å²) in [7, 11) is 0. The zero-order valence-corrected chi connectivity index (χ0v) is 20.2. The minimum atomic E-state index is -0.488. The van der Waals surface area contributed by atoms with Gasteiger partial charge >= 0.3 is 0 Å². The van der Waals surface area contributed by atoms with Crippen LogP contribution in [0.3, 0.4) is 0 Å². The molecule has 0 saturated heterocycles. The molecular weight excluding hydrogens is 454 g/mol. The van der Waals surface area contributed by atoms with Crippen molar-refractivity contribution in [3.8, 4) is 0 Å². The molecule has 0 spiro atoms. The predicted octanol–water partition coefficient (Wildman–Crippen LogP) is 6.19. The van der Waals surface area contributed by atoms with Crippen LogP contribution in [0.2, 0.25) is 5.02 Å². The fraction of sp³-hybridized carbons (Fsp3) is 0.269. The van der Waals surface area contributed by atoms with Crippen LogP contribution in [0.1, 0.15) is 45.1 Å². The third kappa shape index (κ3) is 4.09. The molecule has 1 amide bonds. The minimum absolute atomic E-state index is 0.0662. The smallest absolute Gasteiger partial charge is 0.256 e. The maximum Gasteiger partial charge on any atom is 0.256 e. The second-order valence-electron chi connectivity index (χ2n) is 9.43. The Morgan fingerprint density at radius 2 is 1.97 bits per heavy atom. The van der Waals surface area contributed by atoms with Crippen molar-refractivity contribution in [2.24, 2.45) is 5.41 Å². The highest BCUT2D eigenvalue weighted by Crippen LogP contribution is 2.47. The maximum absolute atomic E-state index is 13.6. The lowest BCUT2D eigenvalue weighted by molar-refractivity contribution is -0.118. The molecule has 1 aromatic heterocycles. The number of thiazole rings is 1. The van der Waals surface area contributed by atoms with Gasteiger partial charge in [0.2, 0.25) is 0 Å². The second kappa shape index (κ2) is 8.12. The van der Waals surface area contributed by atoms with Gasteiger partial charge in [0.15, 0.2) is 10.9 Å². The van der Waals surface area contributed by atoms with Crippen molar-refractivity contribution in [2.75, 3.05) is 5.32 Å². The molecule has 0 saturated carbocycles. The zero-order valence-electron chi connectivity index (χ0n) is 18.7. The number of hydrogen-bond donors (Lipinski definition) is 2. The summed E-state index contributed by atoms with van der Waals surface area (Å²) < 4.78 is 1.00. The van der Waals surface area contributed by atoms with Crippen molar-refractivity contribution < 1.29 is 9.59 Å². The number of ketones is 1. The first-order chi connectivity index (χ1) is 15.7. The lowest BCUT2D eigenvalue weighted by Gasteiger charge is -2.39. The van der Waals surface area contributed by atoms with Crippen molar-refractivity contribution in [1.82, 2.24) is 10.3 Å².